The number of rotatable bonds is 8. The average Bonchev–Trinajstić information content (AvgIpc) is 3.17. The quantitative estimate of drug-likeness (QED) is 0.212. The molecule has 0 aromatic heterocycles. The van der Waals surface area contributed by atoms with E-state index in [1.54, 1.807) is 5.57 Å². The molecule has 0 N–H and O–H groups in total. The zero-order chi connectivity index (χ0) is 28.3. The molecule has 3 saturated carbocycles. The first-order chi connectivity index (χ1) is 17.5. The molecule has 0 spiro atoms. The van der Waals surface area contributed by atoms with Crippen molar-refractivity contribution in [2.45, 2.75) is 144 Å². The lowest BCUT2D eigenvalue weighted by molar-refractivity contribution is -0.0113. The molecule has 218 valence electrons. The molecule has 0 radical (unpaired) electrons. The monoisotopic (exact) mass is 560 g/mol. The van der Waals surface area contributed by atoms with Gasteiger partial charge in [-0.05, 0) is 103 Å². The van der Waals surface area contributed by atoms with Crippen LogP contribution in [0.15, 0.2) is 23.3 Å². The van der Waals surface area contributed by atoms with E-state index in [4.69, 9.17) is 16.0 Å². The van der Waals surface area contributed by atoms with Crippen LogP contribution in [0.3, 0.4) is 0 Å². The summed E-state index contributed by atoms with van der Waals surface area (Å²) < 4.78 is 7.14. The molecule has 38 heavy (non-hydrogen) atoms. The smallest absolute Gasteiger partial charge is 0.192 e. The molecule has 3 fully saturated rings. The molecular weight excluding hydrogens is 500 g/mol. The van der Waals surface area contributed by atoms with Gasteiger partial charge in [0.1, 0.15) is 0 Å². The molecule has 0 bridgehead atoms. The van der Waals surface area contributed by atoms with Crippen molar-refractivity contribution in [3.05, 3.63) is 23.3 Å². The van der Waals surface area contributed by atoms with E-state index in [2.05, 4.69) is 87.6 Å². The molecular formula is C35H61ClOSi. The zero-order valence-electron chi connectivity index (χ0n) is 27.0. The van der Waals surface area contributed by atoms with Crippen LogP contribution in [0.1, 0.15) is 120 Å². The number of halogens is 1. The van der Waals surface area contributed by atoms with Crippen LogP contribution in [0, 0.1) is 45.8 Å². The van der Waals surface area contributed by atoms with Crippen LogP contribution in [-0.2, 0) is 4.43 Å². The predicted molar refractivity (Wildman–Crippen MR) is 169 cm³/mol. The average molecular weight is 561 g/mol. The van der Waals surface area contributed by atoms with Crippen LogP contribution < -0.4 is 0 Å². The molecule has 4 rings (SSSR count). The number of hydrogen-bond donors (Lipinski definition) is 0. The Bertz CT molecular complexity index is 925. The fraction of sp³-hybridized carbons (Fsp3) is 0.886. The lowest BCUT2D eigenvalue weighted by atomic mass is 9.46. The molecule has 0 aromatic carbocycles. The van der Waals surface area contributed by atoms with Gasteiger partial charge in [0.25, 0.3) is 0 Å². The Morgan fingerprint density at radius 2 is 1.63 bits per heavy atom. The third-order valence-corrected chi connectivity index (χ3v) is 18.0. The fourth-order valence-corrected chi connectivity index (χ4v) is 11.1. The lowest BCUT2D eigenvalue weighted by Gasteiger charge is -2.60. The van der Waals surface area contributed by atoms with Gasteiger partial charge in [-0.1, -0.05) is 98.5 Å². The Morgan fingerprint density at radius 3 is 2.26 bits per heavy atom. The van der Waals surface area contributed by atoms with Crippen molar-refractivity contribution in [2.24, 2.45) is 45.8 Å². The van der Waals surface area contributed by atoms with Crippen LogP contribution >= 0.6 is 11.6 Å². The van der Waals surface area contributed by atoms with Gasteiger partial charge in [-0.2, -0.15) is 0 Å². The maximum Gasteiger partial charge on any atom is 0.192 e. The molecule has 0 saturated heterocycles. The molecule has 8 atom stereocenters. The number of fused-ring (bicyclic) bond motifs is 5. The first-order valence-corrected chi connectivity index (χ1v) is 19.6. The van der Waals surface area contributed by atoms with Gasteiger partial charge >= 0.3 is 0 Å². The summed E-state index contributed by atoms with van der Waals surface area (Å²) in [5.41, 5.74) is 4.39. The molecule has 4 aliphatic carbocycles. The second-order valence-electron chi connectivity index (χ2n) is 16.8. The van der Waals surface area contributed by atoms with Gasteiger partial charge in [-0.3, -0.25) is 0 Å². The van der Waals surface area contributed by atoms with Gasteiger partial charge in [0, 0.05) is 11.3 Å². The topological polar surface area (TPSA) is 9.23 Å². The van der Waals surface area contributed by atoms with E-state index < -0.39 is 8.32 Å². The second kappa shape index (κ2) is 10.7. The fourth-order valence-electron chi connectivity index (χ4n) is 9.48. The Labute approximate surface area is 243 Å². The van der Waals surface area contributed by atoms with E-state index in [0.717, 1.165) is 29.6 Å². The minimum absolute atomic E-state index is 0.0954. The van der Waals surface area contributed by atoms with Crippen LogP contribution in [0.2, 0.25) is 18.1 Å². The summed E-state index contributed by atoms with van der Waals surface area (Å²) in [5.74, 6) is 4.69. The molecule has 1 unspecified atom stereocenters. The van der Waals surface area contributed by atoms with Crippen molar-refractivity contribution < 1.29 is 4.43 Å². The third-order valence-electron chi connectivity index (χ3n) is 13.0. The zero-order valence-corrected chi connectivity index (χ0v) is 28.7. The summed E-state index contributed by atoms with van der Waals surface area (Å²) in [6, 6.07) is 0. The van der Waals surface area contributed by atoms with Gasteiger partial charge in [0.05, 0.1) is 6.10 Å². The summed E-state index contributed by atoms with van der Waals surface area (Å²) in [6.07, 6.45) is 17.7. The van der Waals surface area contributed by atoms with Crippen LogP contribution in [0.25, 0.3) is 0 Å². The second-order valence-corrected chi connectivity index (χ2v) is 21.9. The Morgan fingerprint density at radius 1 is 0.947 bits per heavy atom. The van der Waals surface area contributed by atoms with E-state index in [1.807, 2.05) is 5.57 Å². The maximum atomic E-state index is 7.14. The van der Waals surface area contributed by atoms with Gasteiger partial charge in [-0.25, -0.2) is 0 Å². The molecule has 0 amide bonds. The van der Waals surface area contributed by atoms with E-state index in [-0.39, 0.29) is 10.5 Å². The Balaban J connectivity index is 1.55. The summed E-state index contributed by atoms with van der Waals surface area (Å²) in [5, 5.41) is 0.254. The van der Waals surface area contributed by atoms with E-state index in [1.165, 1.54) is 57.8 Å². The lowest BCUT2D eigenvalue weighted by Crippen LogP contribution is -2.55. The minimum Gasteiger partial charge on any atom is -0.413 e. The van der Waals surface area contributed by atoms with Crippen molar-refractivity contribution in [1.29, 1.82) is 0 Å². The van der Waals surface area contributed by atoms with Crippen molar-refractivity contribution in [2.75, 3.05) is 5.88 Å². The standard InChI is InChI=1S/C35H61ClOSi/c1-24(23-36)13-12-14-25(2)27-16-17-28-26-15-18-30-33(6,7)31(37-38(10,11)32(3,4)5)20-22-35(30,9)29(26)19-21-34(27,28)8/h15,18,24-25,27-29,31H,12-14,16-17,19-23H2,1-11H3/t24-,25-,27-,28+,29+,31?,34-,35-/m1/s1. The highest BCUT2D eigenvalue weighted by atomic mass is 35.5. The summed E-state index contributed by atoms with van der Waals surface area (Å²) in [6.45, 7) is 27.2. The van der Waals surface area contributed by atoms with E-state index >= 15 is 0 Å². The van der Waals surface area contributed by atoms with Gasteiger partial charge in [0.2, 0.25) is 0 Å². The van der Waals surface area contributed by atoms with E-state index in [9.17, 15) is 0 Å². The molecule has 0 aromatic rings. The summed E-state index contributed by atoms with van der Waals surface area (Å²) in [7, 11) is -1.81. The normalized spacial score (nSPS) is 38.4. The van der Waals surface area contributed by atoms with Gasteiger partial charge < -0.3 is 4.43 Å². The van der Waals surface area contributed by atoms with Crippen molar-refractivity contribution >= 4 is 19.9 Å². The number of alkyl halides is 1. The highest BCUT2D eigenvalue weighted by Gasteiger charge is 2.60. The van der Waals surface area contributed by atoms with Gasteiger partial charge in [-0.15, -0.1) is 11.6 Å². The maximum absolute atomic E-state index is 7.14. The summed E-state index contributed by atoms with van der Waals surface area (Å²) in [4.78, 5) is 0. The largest absolute Gasteiger partial charge is 0.413 e. The SMILES string of the molecule is C[C@@H](CCl)CCC[C@@H](C)[C@H]1CC[C@H]2C3=CC=C4C(C)(C)C(O[Si](C)(C)C(C)(C)C)CC[C@]4(C)[C@H]3CC[C@]12C. The molecule has 0 aliphatic heterocycles. The minimum atomic E-state index is -1.81. The van der Waals surface area contributed by atoms with Crippen molar-refractivity contribution in [3.63, 3.8) is 0 Å². The highest BCUT2D eigenvalue weighted by Crippen LogP contribution is 2.68. The third kappa shape index (κ3) is 5.19. The van der Waals surface area contributed by atoms with Gasteiger partial charge in [0.15, 0.2) is 8.32 Å². The first-order valence-electron chi connectivity index (χ1n) is 16.2. The van der Waals surface area contributed by atoms with E-state index in [0.29, 0.717) is 22.9 Å². The van der Waals surface area contributed by atoms with Crippen molar-refractivity contribution in [1.82, 2.24) is 0 Å². The predicted octanol–water partition coefficient (Wildman–Crippen LogP) is 11.2. The Kier molecular flexibility index (Phi) is 8.66. The Hall–Kier alpha value is -0.0531. The number of hydrogen-bond acceptors (Lipinski definition) is 1. The molecule has 0 heterocycles. The van der Waals surface area contributed by atoms with Crippen LogP contribution in [0.5, 0.6) is 0 Å². The highest BCUT2D eigenvalue weighted by molar-refractivity contribution is 6.74. The molecule has 1 nitrogen and oxygen atoms in total. The number of allylic oxidation sites excluding steroid dienone is 3. The molecule has 4 aliphatic rings. The summed E-state index contributed by atoms with van der Waals surface area (Å²) >= 11 is 6.09. The molecule has 3 heteroatoms. The van der Waals surface area contributed by atoms with Crippen LogP contribution in [0.4, 0.5) is 0 Å². The first kappa shape index (κ1) is 30.9. The van der Waals surface area contributed by atoms with Crippen molar-refractivity contribution in [3.8, 4) is 0 Å². The van der Waals surface area contributed by atoms with Crippen LogP contribution in [-0.4, -0.2) is 20.3 Å².